The predicted octanol–water partition coefficient (Wildman–Crippen LogP) is -0.227. The minimum absolute atomic E-state index is 0.227. The lowest BCUT2D eigenvalue weighted by Crippen LogP contribution is -2.36. The molecule has 74 valence electrons. The molecule has 1 amide bonds. The Bertz CT molecular complexity index is 186. The zero-order chi connectivity index (χ0) is 9.68. The highest BCUT2D eigenvalue weighted by atomic mass is 16.1. The van der Waals surface area contributed by atoms with Gasteiger partial charge in [0.1, 0.15) is 6.29 Å². The van der Waals surface area contributed by atoms with E-state index in [9.17, 15) is 9.59 Å². The summed E-state index contributed by atoms with van der Waals surface area (Å²) in [5.41, 5.74) is 5.04. The van der Waals surface area contributed by atoms with E-state index < -0.39 is 0 Å². The fourth-order valence-corrected chi connectivity index (χ4v) is 1.58. The highest BCUT2D eigenvalue weighted by Crippen LogP contribution is 2.14. The number of amides is 1. The van der Waals surface area contributed by atoms with Crippen molar-refractivity contribution in [3.8, 4) is 0 Å². The summed E-state index contributed by atoms with van der Waals surface area (Å²) in [5, 5.41) is 0. The van der Waals surface area contributed by atoms with E-state index in [1.165, 1.54) is 0 Å². The van der Waals surface area contributed by atoms with E-state index in [1.54, 1.807) is 0 Å². The van der Waals surface area contributed by atoms with Gasteiger partial charge in [-0.05, 0) is 25.9 Å². The van der Waals surface area contributed by atoms with Gasteiger partial charge in [0.2, 0.25) is 5.91 Å². The normalized spacial score (nSPS) is 20.0. The summed E-state index contributed by atoms with van der Waals surface area (Å²) < 4.78 is 0. The molecule has 0 bridgehead atoms. The number of nitrogens with zero attached hydrogens (tertiary/aromatic N) is 1. The van der Waals surface area contributed by atoms with E-state index in [-0.39, 0.29) is 11.8 Å². The molecule has 4 nitrogen and oxygen atoms in total. The Kier molecular flexibility index (Phi) is 3.89. The van der Waals surface area contributed by atoms with Crippen molar-refractivity contribution in [1.82, 2.24) is 4.90 Å². The van der Waals surface area contributed by atoms with Gasteiger partial charge in [0, 0.05) is 18.9 Å². The molecule has 0 aromatic carbocycles. The van der Waals surface area contributed by atoms with E-state index in [4.69, 9.17) is 5.73 Å². The molecule has 0 aromatic rings. The third kappa shape index (κ3) is 3.55. The van der Waals surface area contributed by atoms with E-state index >= 15 is 0 Å². The molecule has 1 saturated heterocycles. The molecule has 0 unspecified atom stereocenters. The van der Waals surface area contributed by atoms with Gasteiger partial charge in [-0.1, -0.05) is 0 Å². The fourth-order valence-electron chi connectivity index (χ4n) is 1.58. The number of carbonyl (C=O) groups is 2. The Morgan fingerprint density at radius 2 is 2.08 bits per heavy atom. The van der Waals surface area contributed by atoms with Gasteiger partial charge in [-0.2, -0.15) is 0 Å². The Morgan fingerprint density at radius 3 is 2.54 bits per heavy atom. The smallest absolute Gasteiger partial charge is 0.218 e. The molecule has 13 heavy (non-hydrogen) atoms. The van der Waals surface area contributed by atoms with Crippen molar-refractivity contribution in [2.75, 3.05) is 19.6 Å². The zero-order valence-corrected chi connectivity index (χ0v) is 7.74. The van der Waals surface area contributed by atoms with Crippen molar-refractivity contribution in [3.63, 3.8) is 0 Å². The van der Waals surface area contributed by atoms with Crippen LogP contribution in [0.4, 0.5) is 0 Å². The van der Waals surface area contributed by atoms with Gasteiger partial charge < -0.3 is 15.4 Å². The topological polar surface area (TPSA) is 63.4 Å². The number of aldehydes is 1. The SMILES string of the molecule is NC(=O)CCN1CCC(C=O)CC1. The first-order valence-corrected chi connectivity index (χ1v) is 4.68. The second-order valence-electron chi connectivity index (χ2n) is 3.53. The van der Waals surface area contributed by atoms with Crippen molar-refractivity contribution in [3.05, 3.63) is 0 Å². The van der Waals surface area contributed by atoms with Crippen LogP contribution in [0.3, 0.4) is 0 Å². The zero-order valence-electron chi connectivity index (χ0n) is 7.74. The van der Waals surface area contributed by atoms with E-state index in [0.717, 1.165) is 38.8 Å². The number of primary amides is 1. The van der Waals surface area contributed by atoms with Crippen LogP contribution in [0, 0.1) is 5.92 Å². The molecule has 0 aliphatic carbocycles. The summed E-state index contributed by atoms with van der Waals surface area (Å²) in [6, 6.07) is 0. The average molecular weight is 184 g/mol. The third-order valence-corrected chi connectivity index (χ3v) is 2.50. The van der Waals surface area contributed by atoms with Crippen LogP contribution in [-0.2, 0) is 9.59 Å². The maximum absolute atomic E-state index is 10.5. The summed E-state index contributed by atoms with van der Waals surface area (Å²) in [5.74, 6) is -0.0256. The third-order valence-electron chi connectivity index (χ3n) is 2.50. The largest absolute Gasteiger partial charge is 0.370 e. The van der Waals surface area contributed by atoms with Crippen LogP contribution in [0.15, 0.2) is 0 Å². The van der Waals surface area contributed by atoms with Crippen LogP contribution in [0.2, 0.25) is 0 Å². The molecule has 0 atom stereocenters. The highest BCUT2D eigenvalue weighted by molar-refractivity contribution is 5.73. The van der Waals surface area contributed by atoms with Crippen molar-refractivity contribution in [1.29, 1.82) is 0 Å². The molecule has 0 spiro atoms. The van der Waals surface area contributed by atoms with Crippen LogP contribution in [0.25, 0.3) is 0 Å². The molecule has 1 fully saturated rings. The molecule has 4 heteroatoms. The molecule has 0 radical (unpaired) electrons. The summed E-state index contributed by atoms with van der Waals surface area (Å²) in [6.45, 7) is 2.56. The first-order valence-electron chi connectivity index (χ1n) is 4.68. The maximum atomic E-state index is 10.5. The van der Waals surface area contributed by atoms with E-state index in [0.29, 0.717) is 6.42 Å². The number of hydrogen-bond donors (Lipinski definition) is 1. The summed E-state index contributed by atoms with van der Waals surface area (Å²) in [4.78, 5) is 23.1. The number of rotatable bonds is 4. The predicted molar refractivity (Wildman–Crippen MR) is 49.0 cm³/mol. The molecule has 0 aromatic heterocycles. The molecule has 1 heterocycles. The number of likely N-dealkylation sites (tertiary alicyclic amines) is 1. The number of piperidine rings is 1. The van der Waals surface area contributed by atoms with Crippen molar-refractivity contribution in [2.45, 2.75) is 19.3 Å². The first kappa shape index (κ1) is 10.2. The van der Waals surface area contributed by atoms with Gasteiger partial charge in [-0.3, -0.25) is 4.79 Å². The van der Waals surface area contributed by atoms with Crippen LogP contribution in [0.1, 0.15) is 19.3 Å². The molecule has 2 N–H and O–H groups in total. The number of carbonyl (C=O) groups excluding carboxylic acids is 2. The number of hydrogen-bond acceptors (Lipinski definition) is 3. The standard InChI is InChI=1S/C9H16N2O2/c10-9(13)3-6-11-4-1-8(7-12)2-5-11/h7-8H,1-6H2,(H2,10,13). The molecule has 1 aliphatic heterocycles. The van der Waals surface area contributed by atoms with Gasteiger partial charge in [0.05, 0.1) is 0 Å². The van der Waals surface area contributed by atoms with Gasteiger partial charge in [-0.25, -0.2) is 0 Å². The molecule has 0 saturated carbocycles. The van der Waals surface area contributed by atoms with Gasteiger partial charge in [0.25, 0.3) is 0 Å². The van der Waals surface area contributed by atoms with Crippen LogP contribution >= 0.6 is 0 Å². The van der Waals surface area contributed by atoms with Gasteiger partial charge in [0.15, 0.2) is 0 Å². The highest BCUT2D eigenvalue weighted by Gasteiger charge is 2.18. The molecular formula is C9H16N2O2. The van der Waals surface area contributed by atoms with Crippen molar-refractivity contribution in [2.24, 2.45) is 11.7 Å². The Hall–Kier alpha value is -0.900. The summed E-state index contributed by atoms with van der Waals surface area (Å²) >= 11 is 0. The molecular weight excluding hydrogens is 168 g/mol. The average Bonchev–Trinajstić information content (AvgIpc) is 2.15. The minimum atomic E-state index is -0.252. The molecule has 1 aliphatic rings. The quantitative estimate of drug-likeness (QED) is 0.614. The Labute approximate surface area is 78.1 Å². The number of nitrogens with two attached hydrogens (primary N) is 1. The maximum Gasteiger partial charge on any atom is 0.218 e. The van der Waals surface area contributed by atoms with Crippen LogP contribution < -0.4 is 5.73 Å². The minimum Gasteiger partial charge on any atom is -0.370 e. The second-order valence-corrected chi connectivity index (χ2v) is 3.53. The summed E-state index contributed by atoms with van der Waals surface area (Å²) in [6.07, 6.45) is 3.29. The fraction of sp³-hybridized carbons (Fsp3) is 0.778. The Balaban J connectivity index is 2.17. The Morgan fingerprint density at radius 1 is 1.46 bits per heavy atom. The van der Waals surface area contributed by atoms with Crippen molar-refractivity contribution >= 4 is 12.2 Å². The van der Waals surface area contributed by atoms with E-state index in [2.05, 4.69) is 4.90 Å². The van der Waals surface area contributed by atoms with E-state index in [1.807, 2.05) is 0 Å². The first-order chi connectivity index (χ1) is 6.22. The molecule has 1 rings (SSSR count). The lowest BCUT2D eigenvalue weighted by atomic mass is 9.98. The van der Waals surface area contributed by atoms with Gasteiger partial charge >= 0.3 is 0 Å². The van der Waals surface area contributed by atoms with Crippen LogP contribution in [0.5, 0.6) is 0 Å². The lowest BCUT2D eigenvalue weighted by molar-refractivity contribution is -0.118. The summed E-state index contributed by atoms with van der Waals surface area (Å²) in [7, 11) is 0. The lowest BCUT2D eigenvalue weighted by Gasteiger charge is -2.28. The van der Waals surface area contributed by atoms with Crippen LogP contribution in [-0.4, -0.2) is 36.7 Å². The monoisotopic (exact) mass is 184 g/mol. The van der Waals surface area contributed by atoms with Gasteiger partial charge in [-0.15, -0.1) is 0 Å². The second kappa shape index (κ2) is 4.97. The van der Waals surface area contributed by atoms with Crippen molar-refractivity contribution < 1.29 is 9.59 Å².